The minimum Gasteiger partial charge on any atom is -0.342 e. The highest BCUT2D eigenvalue weighted by Gasteiger charge is 2.36. The van der Waals surface area contributed by atoms with E-state index in [0.29, 0.717) is 34.4 Å². The number of piperidine rings is 1. The molecule has 1 unspecified atom stereocenters. The van der Waals surface area contributed by atoms with E-state index in [1.54, 1.807) is 19.9 Å². The summed E-state index contributed by atoms with van der Waals surface area (Å²) in [4.78, 5) is 20.4. The van der Waals surface area contributed by atoms with Crippen molar-refractivity contribution in [3.63, 3.8) is 0 Å². The van der Waals surface area contributed by atoms with Crippen molar-refractivity contribution in [2.45, 2.75) is 44.4 Å². The van der Waals surface area contributed by atoms with Gasteiger partial charge in [-0.15, -0.1) is 11.3 Å². The summed E-state index contributed by atoms with van der Waals surface area (Å²) in [7, 11) is -3.68. The van der Waals surface area contributed by atoms with E-state index in [9.17, 15) is 13.2 Å². The zero-order valence-corrected chi connectivity index (χ0v) is 17.7. The summed E-state index contributed by atoms with van der Waals surface area (Å²) in [5.41, 5.74) is 0. The van der Waals surface area contributed by atoms with Crippen molar-refractivity contribution in [3.05, 3.63) is 16.8 Å². The van der Waals surface area contributed by atoms with Crippen molar-refractivity contribution >= 4 is 27.3 Å². The normalized spacial score (nSPS) is 21.4. The molecule has 0 aromatic carbocycles. The van der Waals surface area contributed by atoms with Crippen LogP contribution in [0.2, 0.25) is 0 Å². The Hall–Kier alpha value is -1.78. The number of carbonyl (C=O) groups excluding carboxylic acids is 1. The first-order valence-electron chi connectivity index (χ1n) is 9.56. The average Bonchev–Trinajstić information content (AvgIpc) is 3.42. The fourth-order valence-corrected chi connectivity index (χ4v) is 6.94. The lowest BCUT2D eigenvalue weighted by molar-refractivity contribution is -0.135. The molecule has 4 heterocycles. The number of aryl methyl sites for hydroxylation is 2. The molecule has 0 bridgehead atoms. The molecule has 8 nitrogen and oxygen atoms in total. The van der Waals surface area contributed by atoms with Gasteiger partial charge in [0.25, 0.3) is 0 Å². The van der Waals surface area contributed by atoms with Crippen LogP contribution in [0.4, 0.5) is 0 Å². The monoisotopic (exact) mass is 424 g/mol. The first-order chi connectivity index (χ1) is 13.4. The fraction of sp³-hybridized carbons (Fsp3) is 0.611. The molecule has 2 aliphatic rings. The van der Waals surface area contributed by atoms with E-state index in [4.69, 9.17) is 4.52 Å². The second-order valence-electron chi connectivity index (χ2n) is 7.40. The van der Waals surface area contributed by atoms with Gasteiger partial charge in [-0.05, 0) is 38.7 Å². The maximum atomic E-state index is 13.3. The molecule has 10 heteroatoms. The van der Waals surface area contributed by atoms with Gasteiger partial charge in [0, 0.05) is 38.0 Å². The van der Waals surface area contributed by atoms with Gasteiger partial charge < -0.3 is 9.42 Å². The van der Waals surface area contributed by atoms with Crippen LogP contribution < -0.4 is 0 Å². The molecule has 0 aliphatic carbocycles. The number of likely N-dealkylation sites (tertiary alicyclic amines) is 1. The van der Waals surface area contributed by atoms with Crippen LogP contribution >= 0.6 is 11.3 Å². The summed E-state index contributed by atoms with van der Waals surface area (Å²) in [5, 5.41) is 3.88. The van der Waals surface area contributed by atoms with Gasteiger partial charge in [-0.2, -0.15) is 9.29 Å². The van der Waals surface area contributed by atoms with Crippen molar-refractivity contribution in [1.29, 1.82) is 0 Å². The Labute approximate surface area is 168 Å². The predicted octanol–water partition coefficient (Wildman–Crippen LogP) is 2.44. The number of thiophene rings is 1. The maximum absolute atomic E-state index is 13.3. The Morgan fingerprint density at radius 3 is 2.64 bits per heavy atom. The fourth-order valence-electron chi connectivity index (χ4n) is 3.93. The largest absolute Gasteiger partial charge is 0.342 e. The van der Waals surface area contributed by atoms with E-state index in [1.807, 2.05) is 4.90 Å². The SMILES string of the molecule is Cc1nc(-c2cc(S(=O)(=O)N3CCCC(C(=O)N4CCCC4)C3)c(C)s2)no1. The van der Waals surface area contributed by atoms with Gasteiger partial charge in [-0.3, -0.25) is 4.79 Å². The van der Waals surface area contributed by atoms with Gasteiger partial charge in [0.2, 0.25) is 27.6 Å². The highest BCUT2D eigenvalue weighted by atomic mass is 32.2. The summed E-state index contributed by atoms with van der Waals surface area (Å²) in [6.07, 6.45) is 3.51. The maximum Gasteiger partial charge on any atom is 0.244 e. The Kier molecular flexibility index (Phi) is 5.28. The van der Waals surface area contributed by atoms with Crippen molar-refractivity contribution in [3.8, 4) is 10.7 Å². The molecule has 2 aliphatic heterocycles. The van der Waals surface area contributed by atoms with E-state index >= 15 is 0 Å². The number of amides is 1. The molecule has 0 saturated carbocycles. The van der Waals surface area contributed by atoms with Crippen LogP contribution in [-0.2, 0) is 14.8 Å². The van der Waals surface area contributed by atoms with Crippen LogP contribution in [0.3, 0.4) is 0 Å². The molecule has 2 saturated heterocycles. The lowest BCUT2D eigenvalue weighted by Gasteiger charge is -2.33. The van der Waals surface area contributed by atoms with Gasteiger partial charge in [0.05, 0.1) is 15.7 Å². The van der Waals surface area contributed by atoms with Crippen molar-refractivity contribution in [1.82, 2.24) is 19.3 Å². The van der Waals surface area contributed by atoms with Gasteiger partial charge >= 0.3 is 0 Å². The highest BCUT2D eigenvalue weighted by Crippen LogP contribution is 2.35. The van der Waals surface area contributed by atoms with Gasteiger partial charge in [0.15, 0.2) is 0 Å². The van der Waals surface area contributed by atoms with E-state index in [2.05, 4.69) is 10.1 Å². The van der Waals surface area contributed by atoms with Crippen LogP contribution in [0.5, 0.6) is 0 Å². The lowest BCUT2D eigenvalue weighted by atomic mass is 9.98. The minimum absolute atomic E-state index is 0.0994. The third-order valence-electron chi connectivity index (χ3n) is 5.39. The Bertz CT molecular complexity index is 976. The lowest BCUT2D eigenvalue weighted by Crippen LogP contribution is -2.46. The molecule has 4 rings (SSSR count). The van der Waals surface area contributed by atoms with E-state index in [0.717, 1.165) is 32.4 Å². The van der Waals surface area contributed by atoms with Gasteiger partial charge in [-0.1, -0.05) is 5.16 Å². The summed E-state index contributed by atoms with van der Waals surface area (Å²) in [5.74, 6) is 0.680. The molecular weight excluding hydrogens is 400 g/mol. The molecule has 152 valence electrons. The van der Waals surface area contributed by atoms with E-state index < -0.39 is 10.0 Å². The summed E-state index contributed by atoms with van der Waals surface area (Å²) in [6, 6.07) is 1.62. The number of aromatic nitrogens is 2. The number of nitrogens with zero attached hydrogens (tertiary/aromatic N) is 4. The first-order valence-corrected chi connectivity index (χ1v) is 11.8. The van der Waals surface area contributed by atoms with Crippen LogP contribution in [0.1, 0.15) is 36.5 Å². The van der Waals surface area contributed by atoms with E-state index in [-0.39, 0.29) is 23.3 Å². The molecule has 0 radical (unpaired) electrons. The summed E-state index contributed by atoms with van der Waals surface area (Å²) < 4.78 is 33.1. The third-order valence-corrected chi connectivity index (χ3v) is 8.56. The van der Waals surface area contributed by atoms with Crippen LogP contribution in [0.25, 0.3) is 10.7 Å². The van der Waals surface area contributed by atoms with Gasteiger partial charge in [0.1, 0.15) is 0 Å². The number of carbonyl (C=O) groups is 1. The summed E-state index contributed by atoms with van der Waals surface area (Å²) in [6.45, 7) is 5.75. The number of hydrogen-bond donors (Lipinski definition) is 0. The standard InChI is InChI=1S/C18H24N4O4S2/c1-12-16(10-15(27-12)17-19-13(2)26-20-17)28(24,25)22-9-5-6-14(11-22)18(23)21-7-3-4-8-21/h10,14H,3-9,11H2,1-2H3. The smallest absolute Gasteiger partial charge is 0.244 e. The number of rotatable bonds is 4. The first kappa shape index (κ1) is 19.5. The second kappa shape index (κ2) is 7.57. The number of hydrogen-bond acceptors (Lipinski definition) is 7. The molecule has 2 fully saturated rings. The predicted molar refractivity (Wildman–Crippen MR) is 104 cm³/mol. The molecule has 1 atom stereocenters. The zero-order valence-electron chi connectivity index (χ0n) is 16.0. The molecule has 0 N–H and O–H groups in total. The highest BCUT2D eigenvalue weighted by molar-refractivity contribution is 7.89. The molecular formula is C18H24N4O4S2. The minimum atomic E-state index is -3.68. The quantitative estimate of drug-likeness (QED) is 0.748. The van der Waals surface area contributed by atoms with E-state index in [1.165, 1.54) is 15.6 Å². The van der Waals surface area contributed by atoms with Crippen molar-refractivity contribution < 1.29 is 17.7 Å². The van der Waals surface area contributed by atoms with Crippen molar-refractivity contribution in [2.24, 2.45) is 5.92 Å². The third kappa shape index (κ3) is 3.60. The van der Waals surface area contributed by atoms with Gasteiger partial charge in [-0.25, -0.2) is 8.42 Å². The molecule has 28 heavy (non-hydrogen) atoms. The topological polar surface area (TPSA) is 96.6 Å². The Balaban J connectivity index is 1.56. The second-order valence-corrected chi connectivity index (χ2v) is 10.6. The van der Waals surface area contributed by atoms with Crippen molar-refractivity contribution in [2.75, 3.05) is 26.2 Å². The average molecular weight is 425 g/mol. The Morgan fingerprint density at radius 1 is 1.21 bits per heavy atom. The molecule has 2 aromatic rings. The zero-order chi connectivity index (χ0) is 19.9. The Morgan fingerprint density at radius 2 is 1.96 bits per heavy atom. The molecule has 2 aromatic heterocycles. The van der Waals surface area contributed by atoms with Crippen LogP contribution in [-0.4, -0.2) is 59.8 Å². The van der Waals surface area contributed by atoms with Crippen LogP contribution in [0, 0.1) is 19.8 Å². The van der Waals surface area contributed by atoms with Crippen LogP contribution in [0.15, 0.2) is 15.5 Å². The number of sulfonamides is 1. The molecule has 1 amide bonds. The summed E-state index contributed by atoms with van der Waals surface area (Å²) >= 11 is 1.33. The molecule has 0 spiro atoms.